The van der Waals surface area contributed by atoms with Crippen molar-refractivity contribution in [3.63, 3.8) is 0 Å². The number of hydrazone groups is 1. The minimum Gasteiger partial charge on any atom is -0.370 e. The Morgan fingerprint density at radius 3 is 2.75 bits per heavy atom. The molecule has 0 radical (unpaired) electrons. The molecule has 20 heavy (non-hydrogen) atoms. The number of urea groups is 1. The molecule has 0 saturated heterocycles. The normalized spacial score (nSPS) is 11.0. The molecule has 0 aliphatic heterocycles. The van der Waals surface area contributed by atoms with Crippen LogP contribution in [0.25, 0.3) is 10.9 Å². The van der Waals surface area contributed by atoms with Crippen LogP contribution in [0.2, 0.25) is 0 Å². The van der Waals surface area contributed by atoms with Crippen LogP contribution >= 0.6 is 0 Å². The number of hydrogen-bond donors (Lipinski definition) is 3. The van der Waals surface area contributed by atoms with Crippen molar-refractivity contribution in [1.29, 1.82) is 0 Å². The van der Waals surface area contributed by atoms with Gasteiger partial charge in [-0.15, -0.1) is 0 Å². The highest BCUT2D eigenvalue weighted by atomic mass is 16.2. The highest BCUT2D eigenvalue weighted by molar-refractivity contribution is 5.99. The lowest BCUT2D eigenvalue weighted by Gasteiger charge is -2.02. The zero-order valence-corrected chi connectivity index (χ0v) is 10.7. The van der Waals surface area contributed by atoms with E-state index in [1.54, 1.807) is 0 Å². The minimum absolute atomic E-state index is 0.259. The minimum atomic E-state index is -0.723. The number of carbonyl (C=O) groups excluding carboxylic acids is 2. The number of benzene rings is 1. The number of aromatic nitrogens is 1. The standard InChI is InChI=1S/C13H15N5O2/c14-12(19)5-6-18-8-9(7-16-17-13(15)20)10-3-1-2-4-11(10)18/h1-4,7-8H,5-6H2,(H2,14,19)(H3,15,17,20)/b16-7-. The van der Waals surface area contributed by atoms with E-state index in [0.29, 0.717) is 6.54 Å². The third kappa shape index (κ3) is 3.14. The van der Waals surface area contributed by atoms with Gasteiger partial charge in [0.05, 0.1) is 6.21 Å². The van der Waals surface area contributed by atoms with Crippen LogP contribution in [0.3, 0.4) is 0 Å². The van der Waals surface area contributed by atoms with Crippen molar-refractivity contribution in [2.24, 2.45) is 16.6 Å². The summed E-state index contributed by atoms with van der Waals surface area (Å²) in [7, 11) is 0. The number of primary amides is 2. The Morgan fingerprint density at radius 1 is 1.30 bits per heavy atom. The molecule has 2 aromatic rings. The molecule has 2 rings (SSSR count). The summed E-state index contributed by atoms with van der Waals surface area (Å²) in [6.45, 7) is 0.493. The first kappa shape index (κ1) is 13.6. The first-order chi connectivity index (χ1) is 9.58. The number of carbonyl (C=O) groups is 2. The van der Waals surface area contributed by atoms with Crippen LogP contribution in [0, 0.1) is 0 Å². The second kappa shape index (κ2) is 5.87. The van der Waals surface area contributed by atoms with E-state index in [9.17, 15) is 9.59 Å². The van der Waals surface area contributed by atoms with Gasteiger partial charge in [-0.3, -0.25) is 4.79 Å². The Labute approximate surface area is 115 Å². The smallest absolute Gasteiger partial charge is 0.332 e. The van der Waals surface area contributed by atoms with Gasteiger partial charge in [0.25, 0.3) is 0 Å². The third-order valence-electron chi connectivity index (χ3n) is 2.80. The third-order valence-corrected chi connectivity index (χ3v) is 2.80. The molecule has 0 atom stereocenters. The summed E-state index contributed by atoms with van der Waals surface area (Å²) in [6, 6.07) is 6.96. The number of nitrogens with zero attached hydrogens (tertiary/aromatic N) is 2. The van der Waals surface area contributed by atoms with Crippen LogP contribution in [-0.2, 0) is 11.3 Å². The van der Waals surface area contributed by atoms with Gasteiger partial charge >= 0.3 is 6.03 Å². The molecule has 0 aliphatic carbocycles. The van der Waals surface area contributed by atoms with Gasteiger partial charge in [0.2, 0.25) is 5.91 Å². The fraction of sp³-hybridized carbons (Fsp3) is 0.154. The van der Waals surface area contributed by atoms with E-state index in [1.165, 1.54) is 6.21 Å². The molecule has 104 valence electrons. The quantitative estimate of drug-likeness (QED) is 0.544. The number of para-hydroxylation sites is 1. The van der Waals surface area contributed by atoms with Crippen LogP contribution in [-0.4, -0.2) is 22.7 Å². The molecule has 1 aromatic carbocycles. The van der Waals surface area contributed by atoms with Crippen molar-refractivity contribution < 1.29 is 9.59 Å². The molecular formula is C13H15N5O2. The van der Waals surface area contributed by atoms with Crippen molar-refractivity contribution in [2.45, 2.75) is 13.0 Å². The maximum atomic E-state index is 10.9. The summed E-state index contributed by atoms with van der Waals surface area (Å²) in [6.07, 6.45) is 3.61. The van der Waals surface area contributed by atoms with Crippen molar-refractivity contribution >= 4 is 29.1 Å². The Morgan fingerprint density at radius 2 is 2.05 bits per heavy atom. The molecule has 1 aromatic heterocycles. The lowest BCUT2D eigenvalue weighted by molar-refractivity contribution is -0.118. The fourth-order valence-electron chi connectivity index (χ4n) is 1.96. The van der Waals surface area contributed by atoms with E-state index in [2.05, 4.69) is 10.5 Å². The number of rotatable bonds is 5. The van der Waals surface area contributed by atoms with Crippen LogP contribution in [0.1, 0.15) is 12.0 Å². The van der Waals surface area contributed by atoms with E-state index >= 15 is 0 Å². The van der Waals surface area contributed by atoms with Gasteiger partial charge in [-0.25, -0.2) is 10.2 Å². The first-order valence-corrected chi connectivity index (χ1v) is 6.02. The number of amides is 3. The van der Waals surface area contributed by atoms with Gasteiger partial charge < -0.3 is 16.0 Å². The average molecular weight is 273 g/mol. The summed E-state index contributed by atoms with van der Waals surface area (Å²) >= 11 is 0. The largest absolute Gasteiger partial charge is 0.370 e. The molecule has 0 bridgehead atoms. The predicted molar refractivity (Wildman–Crippen MR) is 76.1 cm³/mol. The Balaban J connectivity index is 2.32. The van der Waals surface area contributed by atoms with Gasteiger partial charge in [0.1, 0.15) is 0 Å². The van der Waals surface area contributed by atoms with Gasteiger partial charge in [-0.2, -0.15) is 5.10 Å². The van der Waals surface area contributed by atoms with Crippen LogP contribution in [0.5, 0.6) is 0 Å². The highest BCUT2D eigenvalue weighted by Crippen LogP contribution is 2.20. The number of aryl methyl sites for hydroxylation is 1. The van der Waals surface area contributed by atoms with Crippen LogP contribution < -0.4 is 16.9 Å². The first-order valence-electron chi connectivity index (χ1n) is 6.02. The zero-order valence-electron chi connectivity index (χ0n) is 10.7. The lowest BCUT2D eigenvalue weighted by atomic mass is 10.2. The second-order valence-electron chi connectivity index (χ2n) is 4.25. The Hall–Kier alpha value is -2.83. The Bertz CT molecular complexity index is 674. The molecule has 0 spiro atoms. The molecule has 7 nitrogen and oxygen atoms in total. The number of hydrogen-bond acceptors (Lipinski definition) is 3. The monoisotopic (exact) mass is 273 g/mol. The van der Waals surface area contributed by atoms with Crippen LogP contribution in [0.4, 0.5) is 4.79 Å². The summed E-state index contributed by atoms with van der Waals surface area (Å²) < 4.78 is 1.92. The lowest BCUT2D eigenvalue weighted by Crippen LogP contribution is -2.24. The summed E-state index contributed by atoms with van der Waals surface area (Å²) in [5.41, 5.74) is 14.0. The summed E-state index contributed by atoms with van der Waals surface area (Å²) in [5, 5.41) is 4.71. The van der Waals surface area contributed by atoms with Crippen LogP contribution in [0.15, 0.2) is 35.6 Å². The number of fused-ring (bicyclic) bond motifs is 1. The SMILES string of the molecule is NC(=O)CCn1cc(/C=N\NC(N)=O)c2ccccc21. The summed E-state index contributed by atoms with van der Waals surface area (Å²) in [5.74, 6) is -0.353. The van der Waals surface area contributed by atoms with Crippen molar-refractivity contribution in [2.75, 3.05) is 0 Å². The maximum Gasteiger partial charge on any atom is 0.332 e. The molecule has 0 unspecified atom stereocenters. The van der Waals surface area contributed by atoms with Crippen molar-refractivity contribution in [3.8, 4) is 0 Å². The number of nitrogens with one attached hydrogen (secondary N) is 1. The molecule has 1 heterocycles. The van der Waals surface area contributed by atoms with E-state index in [-0.39, 0.29) is 12.3 Å². The molecule has 3 amide bonds. The molecule has 0 saturated carbocycles. The topological polar surface area (TPSA) is 116 Å². The number of nitrogens with two attached hydrogens (primary N) is 2. The van der Waals surface area contributed by atoms with E-state index < -0.39 is 6.03 Å². The van der Waals surface area contributed by atoms with E-state index in [0.717, 1.165) is 16.5 Å². The Kier molecular flexibility index (Phi) is 3.99. The van der Waals surface area contributed by atoms with E-state index in [4.69, 9.17) is 11.5 Å². The van der Waals surface area contributed by atoms with Gasteiger partial charge in [-0.05, 0) is 6.07 Å². The van der Waals surface area contributed by atoms with Gasteiger partial charge in [0, 0.05) is 35.6 Å². The molecule has 0 fully saturated rings. The highest BCUT2D eigenvalue weighted by Gasteiger charge is 2.07. The van der Waals surface area contributed by atoms with E-state index in [1.807, 2.05) is 35.0 Å². The zero-order chi connectivity index (χ0) is 14.5. The molecule has 7 heteroatoms. The average Bonchev–Trinajstić information content (AvgIpc) is 2.75. The molecule has 0 aliphatic rings. The predicted octanol–water partition coefficient (Wildman–Crippen LogP) is 0.519. The van der Waals surface area contributed by atoms with Crippen molar-refractivity contribution in [1.82, 2.24) is 9.99 Å². The molecular weight excluding hydrogens is 258 g/mol. The van der Waals surface area contributed by atoms with Gasteiger partial charge in [-0.1, -0.05) is 18.2 Å². The summed E-state index contributed by atoms with van der Waals surface area (Å²) in [4.78, 5) is 21.5. The molecule has 5 N–H and O–H groups in total. The van der Waals surface area contributed by atoms with Crippen molar-refractivity contribution in [3.05, 3.63) is 36.0 Å². The fourth-order valence-corrected chi connectivity index (χ4v) is 1.96. The maximum absolute atomic E-state index is 10.9. The second-order valence-corrected chi connectivity index (χ2v) is 4.25. The van der Waals surface area contributed by atoms with Gasteiger partial charge in [0.15, 0.2) is 0 Å².